The summed E-state index contributed by atoms with van der Waals surface area (Å²) in [5, 5.41) is 2.71. The first-order valence-corrected chi connectivity index (χ1v) is 7.39. The summed E-state index contributed by atoms with van der Waals surface area (Å²) in [7, 11) is -2.11. The summed E-state index contributed by atoms with van der Waals surface area (Å²) in [6, 6.07) is 6.42. The van der Waals surface area contributed by atoms with Crippen LogP contribution in [0.25, 0.3) is 0 Å². The van der Waals surface area contributed by atoms with Gasteiger partial charge in [-0.05, 0) is 24.7 Å². The third-order valence-corrected chi connectivity index (χ3v) is 4.16. The number of hydrogen-bond acceptors (Lipinski definition) is 4. The lowest BCUT2D eigenvalue weighted by Crippen LogP contribution is -2.32. The van der Waals surface area contributed by atoms with E-state index in [1.807, 2.05) is 0 Å². The van der Waals surface area contributed by atoms with Crippen LogP contribution in [-0.2, 0) is 21.4 Å². The van der Waals surface area contributed by atoms with Crippen LogP contribution in [0.4, 0.5) is 0 Å². The van der Waals surface area contributed by atoms with Crippen molar-refractivity contribution < 1.29 is 13.2 Å². The van der Waals surface area contributed by atoms with Crippen molar-refractivity contribution in [3.05, 3.63) is 29.8 Å². The molecule has 7 heteroatoms. The Labute approximate surface area is 113 Å². The molecule has 0 saturated heterocycles. The number of carbonyl (C=O) groups is 1. The maximum absolute atomic E-state index is 11.6. The third kappa shape index (κ3) is 4.30. The average molecular weight is 285 g/mol. The standard InChI is InChI=1S/C12H19N3O3S/c1-9(7-13)12(16)15-8-10-4-3-5-11(6-10)19(17,18)14-2/h3-6,9,14H,7-8,13H2,1-2H3,(H,15,16). The van der Waals surface area contributed by atoms with Crippen molar-refractivity contribution in [3.8, 4) is 0 Å². The zero-order chi connectivity index (χ0) is 14.5. The molecule has 1 aromatic carbocycles. The summed E-state index contributed by atoms with van der Waals surface area (Å²) in [6.07, 6.45) is 0. The molecule has 0 spiro atoms. The van der Waals surface area contributed by atoms with Gasteiger partial charge in [0, 0.05) is 19.0 Å². The predicted molar refractivity (Wildman–Crippen MR) is 72.8 cm³/mol. The molecule has 1 rings (SSSR count). The zero-order valence-corrected chi connectivity index (χ0v) is 11.8. The molecule has 0 fully saturated rings. The summed E-state index contributed by atoms with van der Waals surface area (Å²) in [4.78, 5) is 11.7. The minimum absolute atomic E-state index is 0.149. The minimum atomic E-state index is -3.46. The molecule has 0 aliphatic carbocycles. The Morgan fingerprint density at radius 2 is 2.11 bits per heavy atom. The summed E-state index contributed by atoms with van der Waals surface area (Å²) in [5.41, 5.74) is 6.11. The summed E-state index contributed by atoms with van der Waals surface area (Å²) < 4.78 is 25.5. The molecule has 6 nitrogen and oxygen atoms in total. The molecule has 1 amide bonds. The molecule has 1 unspecified atom stereocenters. The highest BCUT2D eigenvalue weighted by Gasteiger charge is 2.13. The van der Waals surface area contributed by atoms with Crippen molar-refractivity contribution >= 4 is 15.9 Å². The van der Waals surface area contributed by atoms with Crippen LogP contribution in [0.2, 0.25) is 0 Å². The molecular weight excluding hydrogens is 266 g/mol. The minimum Gasteiger partial charge on any atom is -0.352 e. The van der Waals surface area contributed by atoms with Crippen LogP contribution in [0.15, 0.2) is 29.2 Å². The maximum Gasteiger partial charge on any atom is 0.240 e. The lowest BCUT2D eigenvalue weighted by molar-refractivity contribution is -0.124. The number of nitrogens with one attached hydrogen (secondary N) is 2. The molecule has 0 aliphatic rings. The predicted octanol–water partition coefficient (Wildman–Crippen LogP) is -0.194. The number of sulfonamides is 1. The van der Waals surface area contributed by atoms with Crippen LogP contribution in [0.5, 0.6) is 0 Å². The van der Waals surface area contributed by atoms with E-state index >= 15 is 0 Å². The highest BCUT2D eigenvalue weighted by molar-refractivity contribution is 7.89. The van der Waals surface area contributed by atoms with Gasteiger partial charge in [-0.3, -0.25) is 4.79 Å². The van der Waals surface area contributed by atoms with Gasteiger partial charge in [0.1, 0.15) is 0 Å². The van der Waals surface area contributed by atoms with Gasteiger partial charge in [-0.1, -0.05) is 19.1 Å². The Balaban J connectivity index is 2.76. The molecule has 1 atom stereocenters. The summed E-state index contributed by atoms with van der Waals surface area (Å²) in [6.45, 7) is 2.29. The normalized spacial score (nSPS) is 13.0. The van der Waals surface area contributed by atoms with Gasteiger partial charge in [0.15, 0.2) is 0 Å². The molecule has 0 heterocycles. The quantitative estimate of drug-likeness (QED) is 0.674. The SMILES string of the molecule is CNS(=O)(=O)c1cccc(CNC(=O)C(C)CN)c1. The topological polar surface area (TPSA) is 101 Å². The van der Waals surface area contributed by atoms with Crippen molar-refractivity contribution in [3.63, 3.8) is 0 Å². The Morgan fingerprint density at radius 1 is 1.42 bits per heavy atom. The molecule has 0 saturated carbocycles. The van der Waals surface area contributed by atoms with E-state index in [0.29, 0.717) is 5.56 Å². The first-order chi connectivity index (χ1) is 8.90. The van der Waals surface area contributed by atoms with E-state index in [1.165, 1.54) is 19.2 Å². The van der Waals surface area contributed by atoms with E-state index in [1.54, 1.807) is 19.1 Å². The van der Waals surface area contributed by atoms with Gasteiger partial charge in [-0.2, -0.15) is 0 Å². The molecular formula is C12H19N3O3S. The summed E-state index contributed by atoms with van der Waals surface area (Å²) >= 11 is 0. The number of rotatable bonds is 6. The molecule has 0 aromatic heterocycles. The average Bonchev–Trinajstić information content (AvgIpc) is 2.44. The first-order valence-electron chi connectivity index (χ1n) is 5.91. The smallest absolute Gasteiger partial charge is 0.240 e. The maximum atomic E-state index is 11.6. The largest absolute Gasteiger partial charge is 0.352 e. The highest BCUT2D eigenvalue weighted by Crippen LogP contribution is 2.11. The number of amides is 1. The van der Waals surface area contributed by atoms with Gasteiger partial charge in [0.05, 0.1) is 4.90 Å². The van der Waals surface area contributed by atoms with Gasteiger partial charge in [0.2, 0.25) is 15.9 Å². The second-order valence-corrected chi connectivity index (χ2v) is 6.10. The van der Waals surface area contributed by atoms with Gasteiger partial charge in [-0.25, -0.2) is 13.1 Å². The van der Waals surface area contributed by atoms with Crippen LogP contribution >= 0.6 is 0 Å². The van der Waals surface area contributed by atoms with Gasteiger partial charge < -0.3 is 11.1 Å². The Hall–Kier alpha value is -1.44. The number of carbonyl (C=O) groups excluding carboxylic acids is 1. The van der Waals surface area contributed by atoms with E-state index in [2.05, 4.69) is 10.0 Å². The fourth-order valence-electron chi connectivity index (χ4n) is 1.41. The number of hydrogen-bond donors (Lipinski definition) is 3. The molecule has 19 heavy (non-hydrogen) atoms. The second-order valence-electron chi connectivity index (χ2n) is 4.21. The van der Waals surface area contributed by atoms with Crippen molar-refractivity contribution in [1.82, 2.24) is 10.0 Å². The molecule has 0 aliphatic heterocycles. The lowest BCUT2D eigenvalue weighted by Gasteiger charge is -2.10. The van der Waals surface area contributed by atoms with Crippen LogP contribution < -0.4 is 15.8 Å². The molecule has 0 bridgehead atoms. The second kappa shape index (κ2) is 6.65. The van der Waals surface area contributed by atoms with Crippen LogP contribution in [0, 0.1) is 5.92 Å². The molecule has 106 valence electrons. The highest BCUT2D eigenvalue weighted by atomic mass is 32.2. The van der Waals surface area contributed by atoms with Crippen LogP contribution in [0.3, 0.4) is 0 Å². The van der Waals surface area contributed by atoms with Gasteiger partial charge in [0.25, 0.3) is 0 Å². The zero-order valence-electron chi connectivity index (χ0n) is 11.0. The van der Waals surface area contributed by atoms with Crippen molar-refractivity contribution in [2.24, 2.45) is 11.7 Å². The van der Waals surface area contributed by atoms with Crippen LogP contribution in [0.1, 0.15) is 12.5 Å². The fourth-order valence-corrected chi connectivity index (χ4v) is 2.21. The third-order valence-electron chi connectivity index (χ3n) is 2.75. The van der Waals surface area contributed by atoms with Crippen molar-refractivity contribution in [1.29, 1.82) is 0 Å². The van der Waals surface area contributed by atoms with E-state index in [-0.39, 0.29) is 29.8 Å². The van der Waals surface area contributed by atoms with Crippen molar-refractivity contribution in [2.75, 3.05) is 13.6 Å². The molecule has 1 aromatic rings. The van der Waals surface area contributed by atoms with E-state index in [0.717, 1.165) is 0 Å². The van der Waals surface area contributed by atoms with E-state index < -0.39 is 10.0 Å². The fraction of sp³-hybridized carbons (Fsp3) is 0.417. The summed E-state index contributed by atoms with van der Waals surface area (Å²) in [5.74, 6) is -0.409. The van der Waals surface area contributed by atoms with E-state index in [4.69, 9.17) is 5.73 Å². The monoisotopic (exact) mass is 285 g/mol. The van der Waals surface area contributed by atoms with Gasteiger partial charge >= 0.3 is 0 Å². The molecule has 4 N–H and O–H groups in total. The lowest BCUT2D eigenvalue weighted by atomic mass is 10.1. The Bertz CT molecular complexity index is 543. The number of benzene rings is 1. The Morgan fingerprint density at radius 3 is 2.68 bits per heavy atom. The first kappa shape index (κ1) is 15.6. The molecule has 0 radical (unpaired) electrons. The number of nitrogens with two attached hydrogens (primary N) is 1. The van der Waals surface area contributed by atoms with Crippen LogP contribution in [-0.4, -0.2) is 27.9 Å². The van der Waals surface area contributed by atoms with Gasteiger partial charge in [-0.15, -0.1) is 0 Å². The van der Waals surface area contributed by atoms with E-state index in [9.17, 15) is 13.2 Å². The van der Waals surface area contributed by atoms with Crippen molar-refractivity contribution in [2.45, 2.75) is 18.4 Å². The Kier molecular flexibility index (Phi) is 5.46.